The van der Waals surface area contributed by atoms with Crippen molar-refractivity contribution in [2.24, 2.45) is 0 Å². The Labute approximate surface area is 74.1 Å². The summed E-state index contributed by atoms with van der Waals surface area (Å²) >= 11 is 0. The van der Waals surface area contributed by atoms with E-state index in [9.17, 15) is 5.11 Å². The van der Waals surface area contributed by atoms with Crippen LogP contribution in [0.5, 0.6) is 0 Å². The van der Waals surface area contributed by atoms with Gasteiger partial charge >= 0.3 is 0 Å². The molecule has 0 aromatic rings. The summed E-state index contributed by atoms with van der Waals surface area (Å²) < 4.78 is 0. The summed E-state index contributed by atoms with van der Waals surface area (Å²) in [6.45, 7) is 8.31. The van der Waals surface area contributed by atoms with Crippen LogP contribution in [0.15, 0.2) is 12.2 Å². The molecule has 0 saturated carbocycles. The lowest BCUT2D eigenvalue weighted by molar-refractivity contribution is 0.00299. The Balaban J connectivity index is 3.37. The summed E-state index contributed by atoms with van der Waals surface area (Å²) in [6.07, 6.45) is 0.904. The van der Waals surface area contributed by atoms with Gasteiger partial charge in [-0.15, -0.1) is 6.58 Å². The van der Waals surface area contributed by atoms with Crippen LogP contribution in [0.3, 0.4) is 0 Å². The van der Waals surface area contributed by atoms with Gasteiger partial charge in [0.2, 0.25) is 0 Å². The summed E-state index contributed by atoms with van der Waals surface area (Å²) in [5, 5.41) is 21.1. The number of hydrogen-bond acceptors (Lipinski definition) is 3. The zero-order valence-electron chi connectivity index (χ0n) is 7.93. The molecule has 0 bridgehead atoms. The zero-order chi connectivity index (χ0) is 9.61. The number of hydrogen-bond donors (Lipinski definition) is 3. The minimum Gasteiger partial charge on any atom is -0.393 e. The van der Waals surface area contributed by atoms with Crippen molar-refractivity contribution in [2.45, 2.75) is 25.9 Å². The molecule has 0 rings (SSSR count). The molecule has 0 aromatic carbocycles. The molecule has 0 amide bonds. The highest BCUT2D eigenvalue weighted by molar-refractivity contribution is 4.88. The number of nitrogens with one attached hydrogen (secondary N) is 1. The largest absolute Gasteiger partial charge is 0.393 e. The molecule has 0 aromatic heterocycles. The van der Waals surface area contributed by atoms with Gasteiger partial charge < -0.3 is 15.5 Å². The minimum absolute atomic E-state index is 0.215. The van der Waals surface area contributed by atoms with E-state index in [-0.39, 0.29) is 6.61 Å². The first-order valence-electron chi connectivity index (χ1n) is 4.16. The van der Waals surface area contributed by atoms with Crippen LogP contribution in [0.4, 0.5) is 0 Å². The van der Waals surface area contributed by atoms with Crippen molar-refractivity contribution in [3.63, 3.8) is 0 Å². The van der Waals surface area contributed by atoms with Crippen LogP contribution in [0.1, 0.15) is 20.3 Å². The average molecular weight is 173 g/mol. The summed E-state index contributed by atoms with van der Waals surface area (Å²) in [4.78, 5) is 0. The molecule has 0 heterocycles. The maximum atomic E-state index is 9.35. The Morgan fingerprint density at radius 3 is 2.58 bits per heavy atom. The van der Waals surface area contributed by atoms with Gasteiger partial charge in [0, 0.05) is 6.54 Å². The maximum Gasteiger partial charge on any atom is 0.0972 e. The molecule has 3 nitrogen and oxygen atoms in total. The molecule has 1 unspecified atom stereocenters. The average Bonchev–Trinajstić information content (AvgIpc) is 1.98. The fourth-order valence-corrected chi connectivity index (χ4v) is 0.715. The molecule has 1 atom stereocenters. The molecule has 0 aliphatic carbocycles. The quantitative estimate of drug-likeness (QED) is 0.399. The van der Waals surface area contributed by atoms with Crippen LogP contribution in [0.2, 0.25) is 0 Å². The first-order valence-corrected chi connectivity index (χ1v) is 4.16. The van der Waals surface area contributed by atoms with Crippen molar-refractivity contribution < 1.29 is 10.2 Å². The lowest BCUT2D eigenvalue weighted by Crippen LogP contribution is -2.41. The van der Waals surface area contributed by atoms with Crippen molar-refractivity contribution in [1.82, 2.24) is 5.32 Å². The molecular formula is C9H19NO2. The van der Waals surface area contributed by atoms with Crippen LogP contribution >= 0.6 is 0 Å². The van der Waals surface area contributed by atoms with Crippen LogP contribution in [-0.2, 0) is 0 Å². The lowest BCUT2D eigenvalue weighted by atomic mass is 10.1. The summed E-state index contributed by atoms with van der Waals surface area (Å²) in [6, 6.07) is 0. The van der Waals surface area contributed by atoms with E-state index in [1.165, 1.54) is 0 Å². The molecule has 0 saturated heterocycles. The minimum atomic E-state index is -1.00. The van der Waals surface area contributed by atoms with Gasteiger partial charge in [0.1, 0.15) is 0 Å². The number of aliphatic hydroxyl groups is 2. The molecule has 0 spiro atoms. The summed E-state index contributed by atoms with van der Waals surface area (Å²) in [5.41, 5.74) is 0.112. The van der Waals surface area contributed by atoms with E-state index >= 15 is 0 Å². The Bertz CT molecular complexity index is 143. The van der Waals surface area contributed by atoms with Gasteiger partial charge in [-0.25, -0.2) is 0 Å². The van der Waals surface area contributed by atoms with Crippen molar-refractivity contribution in [1.29, 1.82) is 0 Å². The molecule has 0 aliphatic heterocycles. The van der Waals surface area contributed by atoms with Crippen LogP contribution in [0.25, 0.3) is 0 Å². The highest BCUT2D eigenvalue weighted by Crippen LogP contribution is 1.99. The second kappa shape index (κ2) is 5.30. The SMILES string of the molecule is C=C(C)CCNCC(C)(O)CO. The number of aliphatic hydroxyl groups excluding tert-OH is 1. The van der Waals surface area contributed by atoms with E-state index in [0.717, 1.165) is 18.5 Å². The summed E-state index contributed by atoms with van der Waals surface area (Å²) in [7, 11) is 0. The maximum absolute atomic E-state index is 9.35. The fourth-order valence-electron chi connectivity index (χ4n) is 0.715. The molecule has 0 fully saturated rings. The Kier molecular flexibility index (Phi) is 5.13. The van der Waals surface area contributed by atoms with E-state index in [4.69, 9.17) is 5.11 Å². The van der Waals surface area contributed by atoms with Crippen LogP contribution in [-0.4, -0.2) is 35.5 Å². The predicted molar refractivity (Wildman–Crippen MR) is 50.0 cm³/mol. The lowest BCUT2D eigenvalue weighted by Gasteiger charge is -2.20. The van der Waals surface area contributed by atoms with Crippen molar-refractivity contribution in [2.75, 3.05) is 19.7 Å². The smallest absolute Gasteiger partial charge is 0.0972 e. The first kappa shape index (κ1) is 11.6. The van der Waals surface area contributed by atoms with Crippen molar-refractivity contribution in [3.8, 4) is 0 Å². The number of rotatable bonds is 6. The molecular weight excluding hydrogens is 154 g/mol. The van der Waals surface area contributed by atoms with E-state index in [1.54, 1.807) is 6.92 Å². The molecule has 0 aliphatic rings. The van der Waals surface area contributed by atoms with Gasteiger partial charge in [-0.1, -0.05) is 5.57 Å². The van der Waals surface area contributed by atoms with E-state index in [2.05, 4.69) is 11.9 Å². The Morgan fingerprint density at radius 2 is 2.17 bits per heavy atom. The Morgan fingerprint density at radius 1 is 1.58 bits per heavy atom. The van der Waals surface area contributed by atoms with E-state index in [1.807, 2.05) is 6.92 Å². The molecule has 0 radical (unpaired) electrons. The van der Waals surface area contributed by atoms with Gasteiger partial charge in [-0.3, -0.25) is 0 Å². The van der Waals surface area contributed by atoms with Gasteiger partial charge in [-0.2, -0.15) is 0 Å². The van der Waals surface area contributed by atoms with Gasteiger partial charge in [0.25, 0.3) is 0 Å². The Hall–Kier alpha value is -0.380. The fraction of sp³-hybridized carbons (Fsp3) is 0.778. The highest BCUT2D eigenvalue weighted by atomic mass is 16.3. The van der Waals surface area contributed by atoms with Crippen LogP contribution < -0.4 is 5.32 Å². The molecule has 3 heteroatoms. The van der Waals surface area contributed by atoms with Crippen molar-refractivity contribution in [3.05, 3.63) is 12.2 Å². The second-order valence-corrected chi connectivity index (χ2v) is 3.54. The third-order valence-electron chi connectivity index (χ3n) is 1.58. The van der Waals surface area contributed by atoms with Crippen LogP contribution in [0, 0.1) is 0 Å². The van der Waals surface area contributed by atoms with Crippen molar-refractivity contribution >= 4 is 0 Å². The molecule has 12 heavy (non-hydrogen) atoms. The third-order valence-corrected chi connectivity index (χ3v) is 1.58. The standard InChI is InChI=1S/C9H19NO2/c1-8(2)4-5-10-6-9(3,12)7-11/h10-12H,1,4-7H2,2-3H3. The third kappa shape index (κ3) is 6.34. The molecule has 3 N–H and O–H groups in total. The van der Waals surface area contributed by atoms with E-state index < -0.39 is 5.60 Å². The predicted octanol–water partition coefficient (Wildman–Crippen LogP) is 0.285. The van der Waals surface area contributed by atoms with Gasteiger partial charge in [-0.05, 0) is 26.8 Å². The first-order chi connectivity index (χ1) is 5.48. The monoisotopic (exact) mass is 173 g/mol. The molecule has 72 valence electrons. The summed E-state index contributed by atoms with van der Waals surface area (Å²) in [5.74, 6) is 0. The second-order valence-electron chi connectivity index (χ2n) is 3.54. The van der Waals surface area contributed by atoms with Gasteiger partial charge in [0.05, 0.1) is 12.2 Å². The topological polar surface area (TPSA) is 52.5 Å². The van der Waals surface area contributed by atoms with E-state index in [0.29, 0.717) is 6.54 Å². The normalized spacial score (nSPS) is 15.7. The van der Waals surface area contributed by atoms with Gasteiger partial charge in [0.15, 0.2) is 0 Å². The highest BCUT2D eigenvalue weighted by Gasteiger charge is 2.17. The zero-order valence-corrected chi connectivity index (χ0v) is 7.93.